The standard InChI is InChI=1S/C24H26N2O/c1-16-11-13-18(14-12-16)23-15-20(19-8-4-6-10-22(19)25-23)24(27)26-21-9-5-3-7-17(21)2/h4,6,8,10-15,17,21H,3,5,7,9H2,1-2H3,(H,26,27)/t17-,21+/m0/s1. The fourth-order valence-corrected chi connectivity index (χ4v) is 4.01. The van der Waals surface area contributed by atoms with E-state index in [1.54, 1.807) is 0 Å². The molecule has 3 heteroatoms. The third kappa shape index (κ3) is 3.73. The quantitative estimate of drug-likeness (QED) is 0.670. The van der Waals surface area contributed by atoms with E-state index in [2.05, 4.69) is 43.4 Å². The fraction of sp³-hybridized carbons (Fsp3) is 0.333. The molecule has 1 aliphatic rings. The van der Waals surface area contributed by atoms with Crippen LogP contribution in [0, 0.1) is 12.8 Å². The molecule has 2 aromatic carbocycles. The number of pyridine rings is 1. The first-order chi connectivity index (χ1) is 13.1. The third-order valence-electron chi connectivity index (χ3n) is 5.74. The molecule has 1 aromatic heterocycles. The molecule has 1 amide bonds. The number of amides is 1. The van der Waals surface area contributed by atoms with Crippen molar-refractivity contribution in [1.29, 1.82) is 0 Å². The summed E-state index contributed by atoms with van der Waals surface area (Å²) in [5.41, 5.74) is 4.66. The zero-order valence-electron chi connectivity index (χ0n) is 16.0. The number of carbonyl (C=O) groups excluding carboxylic acids is 1. The molecule has 0 radical (unpaired) electrons. The number of carbonyl (C=O) groups is 1. The van der Waals surface area contributed by atoms with Gasteiger partial charge in [-0.05, 0) is 37.8 Å². The molecular formula is C24H26N2O. The van der Waals surface area contributed by atoms with E-state index in [1.807, 2.05) is 30.3 Å². The van der Waals surface area contributed by atoms with E-state index in [0.29, 0.717) is 11.5 Å². The SMILES string of the molecule is Cc1ccc(-c2cc(C(=O)N[C@@H]3CCCC[C@@H]3C)c3ccccc3n2)cc1. The van der Waals surface area contributed by atoms with Crippen LogP contribution in [0.4, 0.5) is 0 Å². The number of aryl methyl sites for hydroxylation is 1. The molecule has 1 saturated carbocycles. The predicted octanol–water partition coefficient (Wildman–Crippen LogP) is 5.52. The van der Waals surface area contributed by atoms with Crippen LogP contribution in [0.3, 0.4) is 0 Å². The normalized spacial score (nSPS) is 19.8. The summed E-state index contributed by atoms with van der Waals surface area (Å²) in [5.74, 6) is 0.549. The topological polar surface area (TPSA) is 42.0 Å². The van der Waals surface area contributed by atoms with E-state index in [-0.39, 0.29) is 11.9 Å². The Labute approximate surface area is 160 Å². The molecule has 3 aromatic rings. The van der Waals surface area contributed by atoms with Gasteiger partial charge in [-0.15, -0.1) is 0 Å². The zero-order chi connectivity index (χ0) is 18.8. The molecule has 1 fully saturated rings. The Morgan fingerprint density at radius 2 is 1.78 bits per heavy atom. The van der Waals surface area contributed by atoms with Gasteiger partial charge in [0.15, 0.2) is 0 Å². The van der Waals surface area contributed by atoms with Crippen LogP contribution in [0.1, 0.15) is 48.5 Å². The zero-order valence-corrected chi connectivity index (χ0v) is 16.0. The first-order valence-corrected chi connectivity index (χ1v) is 9.89. The average Bonchev–Trinajstić information content (AvgIpc) is 2.69. The number of nitrogens with one attached hydrogen (secondary N) is 1. The Morgan fingerprint density at radius 1 is 1.04 bits per heavy atom. The van der Waals surface area contributed by atoms with Gasteiger partial charge in [-0.1, -0.05) is 67.8 Å². The third-order valence-corrected chi connectivity index (χ3v) is 5.74. The Balaban J connectivity index is 1.74. The van der Waals surface area contributed by atoms with Crippen LogP contribution >= 0.6 is 0 Å². The first-order valence-electron chi connectivity index (χ1n) is 9.89. The van der Waals surface area contributed by atoms with Gasteiger partial charge in [-0.2, -0.15) is 0 Å². The second kappa shape index (κ2) is 7.51. The summed E-state index contributed by atoms with van der Waals surface area (Å²) < 4.78 is 0. The first kappa shape index (κ1) is 17.7. The minimum Gasteiger partial charge on any atom is -0.349 e. The summed E-state index contributed by atoms with van der Waals surface area (Å²) in [6.07, 6.45) is 4.72. The van der Waals surface area contributed by atoms with Crippen molar-refractivity contribution in [3.05, 3.63) is 65.7 Å². The molecular weight excluding hydrogens is 332 g/mol. The number of hydrogen-bond donors (Lipinski definition) is 1. The molecule has 27 heavy (non-hydrogen) atoms. The monoisotopic (exact) mass is 358 g/mol. The lowest BCUT2D eigenvalue weighted by molar-refractivity contribution is 0.0912. The molecule has 1 N–H and O–H groups in total. The number of fused-ring (bicyclic) bond motifs is 1. The fourth-order valence-electron chi connectivity index (χ4n) is 4.01. The molecule has 3 nitrogen and oxygen atoms in total. The van der Waals surface area contributed by atoms with E-state index in [0.717, 1.165) is 28.6 Å². The number of benzene rings is 2. The van der Waals surface area contributed by atoms with Crippen molar-refractivity contribution in [2.24, 2.45) is 5.92 Å². The maximum Gasteiger partial charge on any atom is 0.252 e. The largest absolute Gasteiger partial charge is 0.349 e. The van der Waals surface area contributed by atoms with Crippen LogP contribution in [-0.2, 0) is 0 Å². The van der Waals surface area contributed by atoms with E-state index < -0.39 is 0 Å². The van der Waals surface area contributed by atoms with Crippen molar-refractivity contribution in [3.8, 4) is 11.3 Å². The van der Waals surface area contributed by atoms with Gasteiger partial charge in [0.25, 0.3) is 5.91 Å². The summed E-state index contributed by atoms with van der Waals surface area (Å²) in [7, 11) is 0. The van der Waals surface area contributed by atoms with Crippen LogP contribution in [-0.4, -0.2) is 16.9 Å². The van der Waals surface area contributed by atoms with Crippen molar-refractivity contribution in [1.82, 2.24) is 10.3 Å². The highest BCUT2D eigenvalue weighted by molar-refractivity contribution is 6.07. The maximum absolute atomic E-state index is 13.2. The minimum absolute atomic E-state index is 0.0145. The summed E-state index contributed by atoms with van der Waals surface area (Å²) in [6, 6.07) is 18.4. The van der Waals surface area contributed by atoms with Gasteiger partial charge in [0.05, 0.1) is 16.8 Å². The van der Waals surface area contributed by atoms with Crippen LogP contribution in [0.2, 0.25) is 0 Å². The van der Waals surface area contributed by atoms with Crippen molar-refractivity contribution < 1.29 is 4.79 Å². The number of aromatic nitrogens is 1. The van der Waals surface area contributed by atoms with E-state index in [1.165, 1.54) is 24.8 Å². The summed E-state index contributed by atoms with van der Waals surface area (Å²) >= 11 is 0. The molecule has 0 spiro atoms. The molecule has 0 aliphatic heterocycles. The average molecular weight is 358 g/mol. The van der Waals surface area contributed by atoms with E-state index in [4.69, 9.17) is 4.98 Å². The minimum atomic E-state index is 0.0145. The highest BCUT2D eigenvalue weighted by Crippen LogP contribution is 2.27. The van der Waals surface area contributed by atoms with Crippen LogP contribution in [0.15, 0.2) is 54.6 Å². The molecule has 0 bridgehead atoms. The molecule has 0 saturated heterocycles. The van der Waals surface area contributed by atoms with Crippen molar-refractivity contribution >= 4 is 16.8 Å². The molecule has 1 aliphatic carbocycles. The van der Waals surface area contributed by atoms with Gasteiger partial charge in [0, 0.05) is 17.0 Å². The lowest BCUT2D eigenvalue weighted by Gasteiger charge is -2.29. The van der Waals surface area contributed by atoms with Crippen molar-refractivity contribution in [3.63, 3.8) is 0 Å². The second-order valence-corrected chi connectivity index (χ2v) is 7.78. The maximum atomic E-state index is 13.2. The predicted molar refractivity (Wildman–Crippen MR) is 111 cm³/mol. The Kier molecular flexibility index (Phi) is 4.93. The van der Waals surface area contributed by atoms with Gasteiger partial charge in [0.2, 0.25) is 0 Å². The van der Waals surface area contributed by atoms with Crippen LogP contribution < -0.4 is 5.32 Å². The number of hydrogen-bond acceptors (Lipinski definition) is 2. The summed E-state index contributed by atoms with van der Waals surface area (Å²) in [4.78, 5) is 18.0. The van der Waals surface area contributed by atoms with Crippen molar-refractivity contribution in [2.45, 2.75) is 45.6 Å². The second-order valence-electron chi connectivity index (χ2n) is 7.78. The molecule has 0 unspecified atom stereocenters. The summed E-state index contributed by atoms with van der Waals surface area (Å²) in [5, 5.41) is 4.21. The Morgan fingerprint density at radius 3 is 2.56 bits per heavy atom. The molecule has 1 heterocycles. The molecule has 138 valence electrons. The highest BCUT2D eigenvalue weighted by Gasteiger charge is 2.24. The number of para-hydroxylation sites is 1. The smallest absolute Gasteiger partial charge is 0.252 e. The molecule has 2 atom stereocenters. The number of rotatable bonds is 3. The van der Waals surface area contributed by atoms with Gasteiger partial charge in [-0.25, -0.2) is 4.98 Å². The van der Waals surface area contributed by atoms with Crippen LogP contribution in [0.5, 0.6) is 0 Å². The van der Waals surface area contributed by atoms with Gasteiger partial charge < -0.3 is 5.32 Å². The number of nitrogens with zero attached hydrogens (tertiary/aromatic N) is 1. The van der Waals surface area contributed by atoms with Crippen LogP contribution in [0.25, 0.3) is 22.2 Å². The van der Waals surface area contributed by atoms with Gasteiger partial charge >= 0.3 is 0 Å². The van der Waals surface area contributed by atoms with Crippen molar-refractivity contribution in [2.75, 3.05) is 0 Å². The van der Waals surface area contributed by atoms with Gasteiger partial charge in [-0.3, -0.25) is 4.79 Å². The lowest BCUT2D eigenvalue weighted by Crippen LogP contribution is -2.41. The summed E-state index contributed by atoms with van der Waals surface area (Å²) in [6.45, 7) is 4.31. The Bertz CT molecular complexity index is 962. The lowest BCUT2D eigenvalue weighted by atomic mass is 9.85. The highest BCUT2D eigenvalue weighted by atomic mass is 16.1. The van der Waals surface area contributed by atoms with Gasteiger partial charge in [0.1, 0.15) is 0 Å². The van der Waals surface area contributed by atoms with E-state index in [9.17, 15) is 4.79 Å². The van der Waals surface area contributed by atoms with E-state index >= 15 is 0 Å². The molecule has 4 rings (SSSR count). The Hall–Kier alpha value is -2.68.